The largest absolute Gasteiger partial charge is 0.481 e. The second-order valence-corrected chi connectivity index (χ2v) is 6.17. The highest BCUT2D eigenvalue weighted by molar-refractivity contribution is 6.05. The van der Waals surface area contributed by atoms with Crippen molar-refractivity contribution in [2.75, 3.05) is 24.3 Å². The number of aliphatic imine (C=N–C) groups is 1. The zero-order chi connectivity index (χ0) is 20.0. The molecule has 2 aromatic carbocycles. The van der Waals surface area contributed by atoms with E-state index >= 15 is 0 Å². The van der Waals surface area contributed by atoms with Gasteiger partial charge in [-0.15, -0.1) is 0 Å². The predicted molar refractivity (Wildman–Crippen MR) is 107 cm³/mol. The van der Waals surface area contributed by atoms with Crippen LogP contribution in [-0.2, 0) is 11.2 Å². The highest BCUT2D eigenvalue weighted by Gasteiger charge is 2.11. The van der Waals surface area contributed by atoms with Crippen molar-refractivity contribution in [1.82, 2.24) is 0 Å². The first-order valence-corrected chi connectivity index (χ1v) is 8.29. The van der Waals surface area contributed by atoms with Gasteiger partial charge in [-0.05, 0) is 42.3 Å². The summed E-state index contributed by atoms with van der Waals surface area (Å²) in [5.74, 6) is -1.23. The number of benzene rings is 2. The molecule has 0 aliphatic carbocycles. The number of hydrogen-bond donors (Lipinski definition) is 4. The van der Waals surface area contributed by atoms with E-state index in [1.54, 1.807) is 30.3 Å². The van der Waals surface area contributed by atoms with Gasteiger partial charge in [-0.25, -0.2) is 4.99 Å². The molecule has 0 saturated heterocycles. The highest BCUT2D eigenvalue weighted by atomic mass is 16.4. The van der Waals surface area contributed by atoms with E-state index in [0.717, 1.165) is 11.3 Å². The number of carbonyl (C=O) groups excluding carboxylic acids is 1. The lowest BCUT2D eigenvalue weighted by molar-refractivity contribution is -0.136. The fourth-order valence-corrected chi connectivity index (χ4v) is 2.58. The van der Waals surface area contributed by atoms with Gasteiger partial charge < -0.3 is 26.8 Å². The zero-order valence-corrected chi connectivity index (χ0v) is 15.3. The van der Waals surface area contributed by atoms with Crippen molar-refractivity contribution < 1.29 is 14.7 Å². The van der Waals surface area contributed by atoms with Crippen molar-refractivity contribution in [3.8, 4) is 0 Å². The number of nitrogens with one attached hydrogen (secondary N) is 1. The van der Waals surface area contributed by atoms with Gasteiger partial charge in [-0.2, -0.15) is 0 Å². The lowest BCUT2D eigenvalue weighted by Gasteiger charge is -2.19. The van der Waals surface area contributed by atoms with Gasteiger partial charge in [0.1, 0.15) is 0 Å². The quantitative estimate of drug-likeness (QED) is 0.435. The molecular weight excluding hydrogens is 346 g/mol. The Morgan fingerprint density at radius 2 is 1.89 bits per heavy atom. The van der Waals surface area contributed by atoms with Gasteiger partial charge >= 0.3 is 5.97 Å². The second kappa shape index (κ2) is 8.70. The predicted octanol–water partition coefficient (Wildman–Crippen LogP) is 1.93. The number of aryl methyl sites for hydroxylation is 1. The normalized spacial score (nSPS) is 10.1. The second-order valence-electron chi connectivity index (χ2n) is 6.17. The molecule has 0 bridgehead atoms. The minimum absolute atomic E-state index is 0.0458. The van der Waals surface area contributed by atoms with E-state index in [2.05, 4.69) is 10.3 Å². The van der Waals surface area contributed by atoms with E-state index in [-0.39, 0.29) is 18.3 Å². The summed E-state index contributed by atoms with van der Waals surface area (Å²) in [5.41, 5.74) is 14.0. The third-order valence-electron chi connectivity index (χ3n) is 3.80. The molecule has 27 heavy (non-hydrogen) atoms. The number of carbonyl (C=O) groups is 2. The van der Waals surface area contributed by atoms with Crippen molar-refractivity contribution in [3.63, 3.8) is 0 Å². The molecule has 0 spiro atoms. The monoisotopic (exact) mass is 369 g/mol. The van der Waals surface area contributed by atoms with Crippen LogP contribution < -0.4 is 21.7 Å². The van der Waals surface area contributed by atoms with Crippen molar-refractivity contribution in [3.05, 3.63) is 53.6 Å². The third kappa shape index (κ3) is 5.74. The molecule has 0 aliphatic rings. The van der Waals surface area contributed by atoms with Gasteiger partial charge in [0.05, 0.1) is 5.69 Å². The molecule has 0 aliphatic heterocycles. The van der Waals surface area contributed by atoms with Gasteiger partial charge in [-0.3, -0.25) is 9.59 Å². The fraction of sp³-hybridized carbons (Fsp3) is 0.211. The van der Waals surface area contributed by atoms with Crippen molar-refractivity contribution in [2.24, 2.45) is 16.5 Å². The standard InChI is InChI=1S/C19H23N5O3/c1-24(2)16-11-15(8-6-12(16)7-9-17(25)26)22-18(27)13-4-3-5-14(10-13)23-19(20)21/h3-6,8,10-11H,7,9H2,1-2H3,(H,22,27)(H,25,26)(H4,20,21,23). The molecule has 0 atom stereocenters. The highest BCUT2D eigenvalue weighted by Crippen LogP contribution is 2.25. The van der Waals surface area contributed by atoms with Crippen LogP contribution in [0.25, 0.3) is 0 Å². The number of rotatable bonds is 7. The minimum Gasteiger partial charge on any atom is -0.481 e. The Kier molecular flexibility index (Phi) is 6.37. The smallest absolute Gasteiger partial charge is 0.303 e. The molecule has 8 nitrogen and oxygen atoms in total. The van der Waals surface area contributed by atoms with E-state index in [1.165, 1.54) is 0 Å². The molecule has 142 valence electrons. The molecule has 1 amide bonds. The third-order valence-corrected chi connectivity index (χ3v) is 3.80. The number of nitrogens with two attached hydrogens (primary N) is 2. The number of aliphatic carboxylic acids is 1. The number of guanidine groups is 1. The fourth-order valence-electron chi connectivity index (χ4n) is 2.58. The Morgan fingerprint density at radius 1 is 1.15 bits per heavy atom. The summed E-state index contributed by atoms with van der Waals surface area (Å²) in [4.78, 5) is 29.2. The van der Waals surface area contributed by atoms with Crippen LogP contribution in [0, 0.1) is 0 Å². The maximum Gasteiger partial charge on any atom is 0.303 e. The summed E-state index contributed by atoms with van der Waals surface area (Å²) in [7, 11) is 3.73. The molecule has 0 radical (unpaired) electrons. The topological polar surface area (TPSA) is 134 Å². The van der Waals surface area contributed by atoms with Gasteiger partial charge in [0.25, 0.3) is 5.91 Å². The number of carboxylic acid groups (broad SMARTS) is 1. The molecule has 0 heterocycles. The van der Waals surface area contributed by atoms with E-state index in [0.29, 0.717) is 23.4 Å². The Balaban J connectivity index is 2.21. The Morgan fingerprint density at radius 3 is 2.52 bits per heavy atom. The Hall–Kier alpha value is -3.55. The first-order valence-electron chi connectivity index (χ1n) is 8.29. The SMILES string of the molecule is CN(C)c1cc(NC(=O)c2cccc(N=C(N)N)c2)ccc1CCC(=O)O. The molecule has 0 saturated carbocycles. The van der Waals surface area contributed by atoms with E-state index in [4.69, 9.17) is 16.6 Å². The maximum atomic E-state index is 12.5. The Labute approximate surface area is 157 Å². The molecule has 0 aromatic heterocycles. The molecule has 0 fully saturated rings. The van der Waals surface area contributed by atoms with Crippen LogP contribution in [0.4, 0.5) is 17.1 Å². The van der Waals surface area contributed by atoms with Crippen LogP contribution in [0.2, 0.25) is 0 Å². The van der Waals surface area contributed by atoms with Crippen LogP contribution in [0.3, 0.4) is 0 Å². The van der Waals surface area contributed by atoms with E-state index in [9.17, 15) is 9.59 Å². The van der Waals surface area contributed by atoms with Crippen LogP contribution in [0.15, 0.2) is 47.5 Å². The van der Waals surface area contributed by atoms with Crippen molar-refractivity contribution in [2.45, 2.75) is 12.8 Å². The average molecular weight is 369 g/mol. The van der Waals surface area contributed by atoms with Gasteiger partial charge in [-0.1, -0.05) is 12.1 Å². The van der Waals surface area contributed by atoms with Gasteiger partial charge in [0, 0.05) is 37.5 Å². The summed E-state index contributed by atoms with van der Waals surface area (Å²) in [6, 6.07) is 12.0. The molecule has 2 rings (SSSR count). The molecule has 0 unspecified atom stereocenters. The summed E-state index contributed by atoms with van der Waals surface area (Å²) < 4.78 is 0. The Bertz CT molecular complexity index is 873. The summed E-state index contributed by atoms with van der Waals surface area (Å²) >= 11 is 0. The molecular formula is C19H23N5O3. The maximum absolute atomic E-state index is 12.5. The van der Waals surface area contributed by atoms with E-state index < -0.39 is 5.97 Å². The zero-order valence-electron chi connectivity index (χ0n) is 15.3. The molecule has 2 aromatic rings. The lowest BCUT2D eigenvalue weighted by atomic mass is 10.1. The van der Waals surface area contributed by atoms with Crippen molar-refractivity contribution >= 4 is 34.9 Å². The first kappa shape index (κ1) is 19.8. The van der Waals surface area contributed by atoms with Crippen molar-refractivity contribution in [1.29, 1.82) is 0 Å². The van der Waals surface area contributed by atoms with Crippen LogP contribution in [0.5, 0.6) is 0 Å². The van der Waals surface area contributed by atoms with Crippen LogP contribution >= 0.6 is 0 Å². The lowest BCUT2D eigenvalue weighted by Crippen LogP contribution is -2.22. The molecule has 8 heteroatoms. The summed E-state index contributed by atoms with van der Waals surface area (Å²) in [6.07, 6.45) is 0.460. The average Bonchev–Trinajstić information content (AvgIpc) is 2.60. The number of amides is 1. The van der Waals surface area contributed by atoms with Gasteiger partial charge in [0.15, 0.2) is 5.96 Å². The number of carboxylic acids is 1. The molecule has 6 N–H and O–H groups in total. The van der Waals surface area contributed by atoms with Crippen LogP contribution in [-0.4, -0.2) is 37.0 Å². The van der Waals surface area contributed by atoms with E-state index in [1.807, 2.05) is 31.1 Å². The number of nitrogens with zero attached hydrogens (tertiary/aromatic N) is 2. The number of hydrogen-bond acceptors (Lipinski definition) is 4. The van der Waals surface area contributed by atoms with Gasteiger partial charge in [0.2, 0.25) is 0 Å². The number of anilines is 2. The summed E-state index contributed by atoms with van der Waals surface area (Å²) in [6.45, 7) is 0. The van der Waals surface area contributed by atoms with Crippen LogP contribution in [0.1, 0.15) is 22.3 Å². The first-order chi connectivity index (χ1) is 12.8. The minimum atomic E-state index is -0.849. The summed E-state index contributed by atoms with van der Waals surface area (Å²) in [5, 5.41) is 11.7.